The van der Waals surface area contributed by atoms with Crippen molar-refractivity contribution in [1.82, 2.24) is 0 Å². The molecule has 6 nitrogen and oxygen atoms in total. The molecular formula is C13H17ClN2O4. The van der Waals surface area contributed by atoms with Gasteiger partial charge in [-0.15, -0.1) is 0 Å². The first-order valence-electron chi connectivity index (χ1n) is 6.13. The number of rotatable bonds is 6. The molecule has 1 rings (SSSR count). The molecule has 0 atom stereocenters. The van der Waals surface area contributed by atoms with Gasteiger partial charge in [0.25, 0.3) is 5.69 Å². The molecule has 0 unspecified atom stereocenters. The van der Waals surface area contributed by atoms with E-state index in [4.69, 9.17) is 16.7 Å². The lowest BCUT2D eigenvalue weighted by atomic mass is 10.1. The monoisotopic (exact) mass is 300 g/mol. The molecule has 1 aromatic rings. The van der Waals surface area contributed by atoms with Crippen LogP contribution in [0.15, 0.2) is 12.1 Å². The van der Waals surface area contributed by atoms with Gasteiger partial charge in [0, 0.05) is 18.3 Å². The number of hydrogen-bond donors (Lipinski definition) is 1. The highest BCUT2D eigenvalue weighted by Gasteiger charge is 2.20. The van der Waals surface area contributed by atoms with Crippen molar-refractivity contribution in [3.8, 4) is 0 Å². The summed E-state index contributed by atoms with van der Waals surface area (Å²) in [5.41, 5.74) is 1.06. The molecule has 0 aromatic heterocycles. The van der Waals surface area contributed by atoms with Gasteiger partial charge in [-0.3, -0.25) is 14.9 Å². The van der Waals surface area contributed by atoms with Crippen LogP contribution in [0.2, 0.25) is 5.02 Å². The van der Waals surface area contributed by atoms with Crippen LogP contribution in [0, 0.1) is 23.0 Å². The minimum absolute atomic E-state index is 0.00902. The van der Waals surface area contributed by atoms with Gasteiger partial charge in [-0.25, -0.2) is 0 Å². The quantitative estimate of drug-likeness (QED) is 0.644. The topological polar surface area (TPSA) is 83.7 Å². The van der Waals surface area contributed by atoms with E-state index >= 15 is 0 Å². The molecule has 0 saturated carbocycles. The molecule has 0 aliphatic carbocycles. The van der Waals surface area contributed by atoms with Gasteiger partial charge < -0.3 is 10.0 Å². The van der Waals surface area contributed by atoms with E-state index in [2.05, 4.69) is 0 Å². The zero-order valence-corrected chi connectivity index (χ0v) is 12.3. The van der Waals surface area contributed by atoms with Gasteiger partial charge in [-0.1, -0.05) is 25.4 Å². The molecule has 0 spiro atoms. The van der Waals surface area contributed by atoms with Crippen LogP contribution in [0.4, 0.5) is 11.4 Å². The normalized spacial score (nSPS) is 10.7. The second kappa shape index (κ2) is 6.56. The van der Waals surface area contributed by atoms with Crippen LogP contribution in [0.5, 0.6) is 0 Å². The van der Waals surface area contributed by atoms with Gasteiger partial charge in [0.1, 0.15) is 11.6 Å². The van der Waals surface area contributed by atoms with Crippen LogP contribution in [-0.2, 0) is 4.79 Å². The number of hydrogen-bond acceptors (Lipinski definition) is 4. The largest absolute Gasteiger partial charge is 0.480 e. The van der Waals surface area contributed by atoms with E-state index in [1.54, 1.807) is 11.8 Å². The fraction of sp³-hybridized carbons (Fsp3) is 0.462. The first-order valence-corrected chi connectivity index (χ1v) is 6.51. The van der Waals surface area contributed by atoms with E-state index < -0.39 is 10.9 Å². The molecule has 0 bridgehead atoms. The zero-order chi connectivity index (χ0) is 15.4. The third-order valence-electron chi connectivity index (χ3n) is 2.71. The highest BCUT2D eigenvalue weighted by molar-refractivity contribution is 6.33. The van der Waals surface area contributed by atoms with Crippen LogP contribution >= 0.6 is 11.6 Å². The Labute approximate surface area is 122 Å². The molecule has 0 fully saturated rings. The number of nitrogens with zero attached hydrogens (tertiary/aromatic N) is 2. The minimum atomic E-state index is -0.959. The molecule has 110 valence electrons. The summed E-state index contributed by atoms with van der Waals surface area (Å²) in [6.45, 7) is 6.00. The summed E-state index contributed by atoms with van der Waals surface area (Å²) >= 11 is 5.90. The Morgan fingerprint density at radius 2 is 2.10 bits per heavy atom. The van der Waals surface area contributed by atoms with Crippen molar-refractivity contribution in [3.63, 3.8) is 0 Å². The molecule has 0 saturated heterocycles. The molecule has 7 heteroatoms. The lowest BCUT2D eigenvalue weighted by Gasteiger charge is -2.26. The Hall–Kier alpha value is -1.82. The average Bonchev–Trinajstić information content (AvgIpc) is 2.29. The molecule has 0 aliphatic rings. The molecule has 0 heterocycles. The summed E-state index contributed by atoms with van der Waals surface area (Å²) in [4.78, 5) is 22.9. The SMILES string of the molecule is Cc1cc([N+](=O)[O-])c(Cl)cc1N(CC(=O)O)CC(C)C. The van der Waals surface area contributed by atoms with Crippen LogP contribution in [0.25, 0.3) is 0 Å². The number of aliphatic carboxylic acids is 1. The van der Waals surface area contributed by atoms with Crippen molar-refractivity contribution in [2.75, 3.05) is 18.0 Å². The second-order valence-corrected chi connectivity index (χ2v) is 5.42. The number of carboxylic acids is 1. The maximum Gasteiger partial charge on any atom is 0.323 e. The number of nitro benzene ring substituents is 1. The van der Waals surface area contributed by atoms with Crippen LogP contribution in [0.3, 0.4) is 0 Å². The van der Waals surface area contributed by atoms with Crippen LogP contribution in [-0.4, -0.2) is 29.1 Å². The summed E-state index contributed by atoms with van der Waals surface area (Å²) < 4.78 is 0. The van der Waals surface area contributed by atoms with Crippen molar-refractivity contribution >= 4 is 28.9 Å². The lowest BCUT2D eigenvalue weighted by Crippen LogP contribution is -2.33. The van der Waals surface area contributed by atoms with E-state index in [9.17, 15) is 14.9 Å². The maximum absolute atomic E-state index is 11.0. The third-order valence-corrected chi connectivity index (χ3v) is 3.02. The van der Waals surface area contributed by atoms with Crippen molar-refractivity contribution in [1.29, 1.82) is 0 Å². The van der Waals surface area contributed by atoms with E-state index in [0.717, 1.165) is 0 Å². The van der Waals surface area contributed by atoms with Gasteiger partial charge >= 0.3 is 5.97 Å². The summed E-state index contributed by atoms with van der Waals surface area (Å²) in [6.07, 6.45) is 0. The van der Waals surface area contributed by atoms with Crippen molar-refractivity contribution in [2.45, 2.75) is 20.8 Å². The predicted molar refractivity (Wildman–Crippen MR) is 77.5 cm³/mol. The lowest BCUT2D eigenvalue weighted by molar-refractivity contribution is -0.384. The molecule has 1 N–H and O–H groups in total. The Balaban J connectivity index is 3.22. The highest BCUT2D eigenvalue weighted by Crippen LogP contribution is 2.32. The standard InChI is InChI=1S/C13H17ClN2O4/c1-8(2)6-15(7-13(17)18)11-5-10(14)12(16(19)20)4-9(11)3/h4-5,8H,6-7H2,1-3H3,(H,17,18). The smallest absolute Gasteiger partial charge is 0.323 e. The average molecular weight is 301 g/mol. The number of nitro groups is 1. The summed E-state index contributed by atoms with van der Waals surface area (Å²) in [5.74, 6) is -0.706. The summed E-state index contributed by atoms with van der Waals surface area (Å²) in [7, 11) is 0. The van der Waals surface area contributed by atoms with E-state index in [1.165, 1.54) is 12.1 Å². The Morgan fingerprint density at radius 3 is 2.55 bits per heavy atom. The fourth-order valence-electron chi connectivity index (χ4n) is 1.99. The Bertz CT molecular complexity index is 531. The first-order chi connectivity index (χ1) is 9.22. The number of aryl methyl sites for hydroxylation is 1. The van der Waals surface area contributed by atoms with Crippen LogP contribution in [0.1, 0.15) is 19.4 Å². The maximum atomic E-state index is 11.0. The zero-order valence-electron chi connectivity index (χ0n) is 11.6. The molecule has 0 aliphatic heterocycles. The summed E-state index contributed by atoms with van der Waals surface area (Å²) in [5, 5.41) is 19.8. The molecule has 1 aromatic carbocycles. The van der Waals surface area contributed by atoms with E-state index in [0.29, 0.717) is 17.8 Å². The van der Waals surface area contributed by atoms with Crippen LogP contribution < -0.4 is 4.90 Å². The van der Waals surface area contributed by atoms with Gasteiger partial charge in [0.2, 0.25) is 0 Å². The molecule has 0 radical (unpaired) electrons. The number of halogens is 1. The van der Waals surface area contributed by atoms with Gasteiger partial charge in [-0.05, 0) is 24.5 Å². The number of carboxylic acid groups (broad SMARTS) is 1. The van der Waals surface area contributed by atoms with Gasteiger partial charge in [-0.2, -0.15) is 0 Å². The summed E-state index contributed by atoms with van der Waals surface area (Å²) in [6, 6.07) is 2.83. The minimum Gasteiger partial charge on any atom is -0.480 e. The molecular weight excluding hydrogens is 284 g/mol. The Kier molecular flexibility index (Phi) is 5.33. The van der Waals surface area contributed by atoms with Crippen molar-refractivity contribution < 1.29 is 14.8 Å². The highest BCUT2D eigenvalue weighted by atomic mass is 35.5. The van der Waals surface area contributed by atoms with Crippen molar-refractivity contribution in [2.24, 2.45) is 5.92 Å². The Morgan fingerprint density at radius 1 is 1.50 bits per heavy atom. The van der Waals surface area contributed by atoms with E-state index in [1.807, 2.05) is 13.8 Å². The first kappa shape index (κ1) is 16.2. The predicted octanol–water partition coefficient (Wildman–Crippen LogP) is 3.10. The van der Waals surface area contributed by atoms with Gasteiger partial charge in [0.15, 0.2) is 0 Å². The number of benzene rings is 1. The second-order valence-electron chi connectivity index (χ2n) is 5.02. The molecule has 0 amide bonds. The number of anilines is 1. The third kappa shape index (κ3) is 4.09. The van der Waals surface area contributed by atoms with Gasteiger partial charge in [0.05, 0.1) is 4.92 Å². The van der Waals surface area contributed by atoms with Crippen molar-refractivity contribution in [3.05, 3.63) is 32.8 Å². The number of carbonyl (C=O) groups is 1. The molecule has 20 heavy (non-hydrogen) atoms. The fourth-order valence-corrected chi connectivity index (χ4v) is 2.22. The van der Waals surface area contributed by atoms with E-state index in [-0.39, 0.29) is 23.2 Å².